The summed E-state index contributed by atoms with van der Waals surface area (Å²) in [7, 11) is 0. The van der Waals surface area contributed by atoms with Gasteiger partial charge in [-0.3, -0.25) is 0 Å². The quantitative estimate of drug-likeness (QED) is 0.741. The average molecular weight is 334 g/mol. The highest BCUT2D eigenvalue weighted by Crippen LogP contribution is 2.29. The molecule has 0 aliphatic rings. The van der Waals surface area contributed by atoms with E-state index in [0.29, 0.717) is 16.8 Å². The summed E-state index contributed by atoms with van der Waals surface area (Å²) in [6, 6.07) is 3.24. The molecule has 0 spiro atoms. The lowest BCUT2D eigenvalue weighted by atomic mass is 10.1. The predicted molar refractivity (Wildman–Crippen MR) is 76.8 cm³/mol. The number of benzene rings is 1. The van der Waals surface area contributed by atoms with Gasteiger partial charge in [0.2, 0.25) is 0 Å². The maximum Gasteiger partial charge on any atom is 0.139 e. The van der Waals surface area contributed by atoms with Crippen molar-refractivity contribution in [1.29, 1.82) is 0 Å². The van der Waals surface area contributed by atoms with Gasteiger partial charge in [0.1, 0.15) is 11.6 Å². The minimum absolute atomic E-state index is 0.156. The van der Waals surface area contributed by atoms with Crippen LogP contribution in [-0.2, 0) is 12.0 Å². The number of imidazole rings is 1. The maximum absolute atomic E-state index is 13.7. The summed E-state index contributed by atoms with van der Waals surface area (Å²) in [5, 5.41) is 0. The molecule has 1 aromatic heterocycles. The number of rotatable bonds is 2. The Labute approximate surface area is 119 Å². The van der Waals surface area contributed by atoms with Crippen LogP contribution < -0.4 is 0 Å². The largest absolute Gasteiger partial charge is 0.322 e. The van der Waals surface area contributed by atoms with Gasteiger partial charge < -0.3 is 4.57 Å². The number of nitrogens with zero attached hydrogens (tertiary/aromatic N) is 2. The third kappa shape index (κ3) is 2.41. The third-order valence-electron chi connectivity index (χ3n) is 2.75. The zero-order valence-electron chi connectivity index (χ0n) is 10.6. The van der Waals surface area contributed by atoms with Gasteiger partial charge in [-0.25, -0.2) is 9.37 Å². The van der Waals surface area contributed by atoms with Crippen LogP contribution >= 0.6 is 27.5 Å². The number of aromatic nitrogens is 2. The standard InChI is InChI=1S/C13H15BrClFN2/c1-13(2,3)18-11-7-9(16)8(14)6-10(11)17-12(18)4-5-15/h6-7H,4-5H2,1-3H3. The number of fused-ring (bicyclic) bond motifs is 1. The van der Waals surface area contributed by atoms with E-state index >= 15 is 0 Å². The minimum Gasteiger partial charge on any atom is -0.322 e. The van der Waals surface area contributed by atoms with Crippen molar-refractivity contribution >= 4 is 38.6 Å². The van der Waals surface area contributed by atoms with Gasteiger partial charge in [0, 0.05) is 23.9 Å². The number of halogens is 3. The minimum atomic E-state index is -0.273. The first-order valence-electron chi connectivity index (χ1n) is 5.77. The summed E-state index contributed by atoms with van der Waals surface area (Å²) in [6.07, 6.45) is 0.673. The van der Waals surface area contributed by atoms with Crippen molar-refractivity contribution in [2.45, 2.75) is 32.7 Å². The Morgan fingerprint density at radius 2 is 2.06 bits per heavy atom. The molecule has 2 rings (SSSR count). The number of hydrogen-bond acceptors (Lipinski definition) is 1. The van der Waals surface area contributed by atoms with E-state index in [0.717, 1.165) is 16.9 Å². The molecule has 0 N–H and O–H groups in total. The Kier molecular flexibility index (Phi) is 3.70. The zero-order chi connectivity index (χ0) is 13.5. The van der Waals surface area contributed by atoms with Crippen LogP contribution in [0.15, 0.2) is 16.6 Å². The molecule has 2 aromatic rings. The summed E-state index contributed by atoms with van der Waals surface area (Å²) in [5.41, 5.74) is 1.44. The van der Waals surface area contributed by atoms with Gasteiger partial charge in [0.25, 0.3) is 0 Å². The van der Waals surface area contributed by atoms with Crippen molar-refractivity contribution in [3.63, 3.8) is 0 Å². The predicted octanol–water partition coefficient (Wildman–Crippen LogP) is 4.47. The van der Waals surface area contributed by atoms with Gasteiger partial charge in [-0.05, 0) is 42.8 Å². The van der Waals surface area contributed by atoms with E-state index < -0.39 is 0 Å². The van der Waals surface area contributed by atoms with E-state index in [2.05, 4.69) is 46.3 Å². The lowest BCUT2D eigenvalue weighted by Gasteiger charge is -2.24. The van der Waals surface area contributed by atoms with E-state index in [4.69, 9.17) is 11.6 Å². The Morgan fingerprint density at radius 3 is 2.61 bits per heavy atom. The summed E-state index contributed by atoms with van der Waals surface area (Å²) in [5.74, 6) is 1.12. The monoisotopic (exact) mass is 332 g/mol. The van der Waals surface area contributed by atoms with Crippen molar-refractivity contribution in [3.05, 3.63) is 28.2 Å². The fourth-order valence-electron chi connectivity index (χ4n) is 2.12. The first-order chi connectivity index (χ1) is 8.34. The lowest BCUT2D eigenvalue weighted by Crippen LogP contribution is -2.24. The highest BCUT2D eigenvalue weighted by molar-refractivity contribution is 9.10. The Balaban J connectivity index is 2.77. The Bertz CT molecular complexity index is 587. The van der Waals surface area contributed by atoms with Crippen LogP contribution in [0.25, 0.3) is 11.0 Å². The molecule has 0 aliphatic carbocycles. The number of alkyl halides is 1. The number of aryl methyl sites for hydroxylation is 1. The molecule has 2 nitrogen and oxygen atoms in total. The van der Waals surface area contributed by atoms with Crippen LogP contribution in [0.1, 0.15) is 26.6 Å². The van der Waals surface area contributed by atoms with Crippen molar-refractivity contribution < 1.29 is 4.39 Å². The molecular weight excluding hydrogens is 319 g/mol. The van der Waals surface area contributed by atoms with E-state index in [9.17, 15) is 4.39 Å². The van der Waals surface area contributed by atoms with Crippen LogP contribution in [0.3, 0.4) is 0 Å². The molecule has 98 valence electrons. The molecule has 1 heterocycles. The van der Waals surface area contributed by atoms with Crippen LogP contribution in [-0.4, -0.2) is 15.4 Å². The first kappa shape index (κ1) is 13.8. The molecule has 0 bridgehead atoms. The second-order valence-corrected chi connectivity index (χ2v) is 6.46. The molecule has 0 radical (unpaired) electrons. The Morgan fingerprint density at radius 1 is 1.39 bits per heavy atom. The highest BCUT2D eigenvalue weighted by Gasteiger charge is 2.22. The van der Waals surface area contributed by atoms with Gasteiger partial charge in [0.05, 0.1) is 15.5 Å². The topological polar surface area (TPSA) is 17.8 Å². The fraction of sp³-hybridized carbons (Fsp3) is 0.462. The van der Waals surface area contributed by atoms with Crippen LogP contribution in [0.4, 0.5) is 4.39 Å². The first-order valence-corrected chi connectivity index (χ1v) is 7.10. The van der Waals surface area contributed by atoms with Crippen molar-refractivity contribution in [1.82, 2.24) is 9.55 Å². The van der Waals surface area contributed by atoms with E-state index in [-0.39, 0.29) is 11.4 Å². The van der Waals surface area contributed by atoms with Crippen LogP contribution in [0, 0.1) is 5.82 Å². The van der Waals surface area contributed by atoms with E-state index in [1.54, 1.807) is 6.07 Å². The molecule has 18 heavy (non-hydrogen) atoms. The molecule has 0 unspecified atom stereocenters. The second kappa shape index (κ2) is 4.82. The van der Waals surface area contributed by atoms with Crippen molar-refractivity contribution in [2.75, 3.05) is 5.88 Å². The molecule has 0 amide bonds. The fourth-order valence-corrected chi connectivity index (χ4v) is 2.62. The molecule has 0 aliphatic heterocycles. The molecule has 5 heteroatoms. The normalized spacial score (nSPS) is 12.3. The average Bonchev–Trinajstić information content (AvgIpc) is 2.56. The van der Waals surface area contributed by atoms with Gasteiger partial charge in [-0.15, -0.1) is 11.6 Å². The summed E-state index contributed by atoms with van der Waals surface area (Å²) in [6.45, 7) is 6.23. The maximum atomic E-state index is 13.7. The molecule has 0 fully saturated rings. The van der Waals surface area contributed by atoms with Crippen molar-refractivity contribution in [3.8, 4) is 0 Å². The third-order valence-corrected chi connectivity index (χ3v) is 3.55. The Hall–Kier alpha value is -0.610. The van der Waals surface area contributed by atoms with Gasteiger partial charge in [0.15, 0.2) is 0 Å². The van der Waals surface area contributed by atoms with Gasteiger partial charge >= 0.3 is 0 Å². The highest BCUT2D eigenvalue weighted by atomic mass is 79.9. The van der Waals surface area contributed by atoms with E-state index in [1.807, 2.05) is 0 Å². The molecule has 1 aromatic carbocycles. The summed E-state index contributed by atoms with van der Waals surface area (Å²) >= 11 is 9.00. The summed E-state index contributed by atoms with van der Waals surface area (Å²) in [4.78, 5) is 4.55. The van der Waals surface area contributed by atoms with Crippen molar-refractivity contribution in [2.24, 2.45) is 0 Å². The smallest absolute Gasteiger partial charge is 0.139 e. The zero-order valence-corrected chi connectivity index (χ0v) is 12.9. The number of hydrogen-bond donors (Lipinski definition) is 0. The van der Waals surface area contributed by atoms with E-state index in [1.165, 1.54) is 6.07 Å². The van der Waals surface area contributed by atoms with Gasteiger partial charge in [-0.2, -0.15) is 0 Å². The van der Waals surface area contributed by atoms with Gasteiger partial charge in [-0.1, -0.05) is 0 Å². The molecule has 0 saturated heterocycles. The lowest BCUT2D eigenvalue weighted by molar-refractivity contribution is 0.395. The second-order valence-electron chi connectivity index (χ2n) is 5.23. The van der Waals surface area contributed by atoms with Crippen LogP contribution in [0.2, 0.25) is 0 Å². The molecule has 0 saturated carbocycles. The van der Waals surface area contributed by atoms with Crippen LogP contribution in [0.5, 0.6) is 0 Å². The molecule has 0 atom stereocenters. The summed E-state index contributed by atoms with van der Waals surface area (Å²) < 4.78 is 16.2. The molecular formula is C13H15BrClFN2. The SMILES string of the molecule is CC(C)(C)n1c(CCCl)nc2cc(Br)c(F)cc21.